The number of hydrogen-bond donors (Lipinski definition) is 2. The minimum Gasteiger partial charge on any atom is -0.508 e. The maximum atomic E-state index is 16.2. The van der Waals surface area contributed by atoms with E-state index in [1.165, 1.54) is 29.2 Å². The molecule has 0 saturated carbocycles. The molecule has 0 radical (unpaired) electrons. The number of phenols is 1. The summed E-state index contributed by atoms with van der Waals surface area (Å²) in [7, 11) is 0. The van der Waals surface area contributed by atoms with Gasteiger partial charge in [-0.3, -0.25) is 0 Å². The Bertz CT molecular complexity index is 1560. The van der Waals surface area contributed by atoms with E-state index in [4.69, 9.17) is 28.9 Å². The number of thiazole rings is 1. The number of benzene rings is 3. The number of nitrogen functional groups attached to an aromatic ring is 1. The smallest absolute Gasteiger partial charge is 0.188 e. The lowest BCUT2D eigenvalue weighted by molar-refractivity contribution is 0.476. The Labute approximate surface area is 206 Å². The molecule has 0 spiro atoms. The van der Waals surface area contributed by atoms with Gasteiger partial charge in [-0.15, -0.1) is 0 Å². The summed E-state index contributed by atoms with van der Waals surface area (Å²) in [6, 6.07) is 9.93. The van der Waals surface area contributed by atoms with Gasteiger partial charge in [0, 0.05) is 27.6 Å². The summed E-state index contributed by atoms with van der Waals surface area (Å²) in [5, 5.41) is 13.4. The Kier molecular flexibility index (Phi) is 5.78. The highest BCUT2D eigenvalue weighted by Crippen LogP contribution is 2.44. The van der Waals surface area contributed by atoms with Crippen LogP contribution in [0.15, 0.2) is 47.8 Å². The average molecular weight is 517 g/mol. The van der Waals surface area contributed by atoms with Gasteiger partial charge in [0.1, 0.15) is 11.3 Å². The van der Waals surface area contributed by atoms with Gasteiger partial charge < -0.3 is 10.8 Å². The van der Waals surface area contributed by atoms with Gasteiger partial charge >= 0.3 is 0 Å². The van der Waals surface area contributed by atoms with Crippen molar-refractivity contribution in [2.75, 3.05) is 11.5 Å². The lowest BCUT2D eigenvalue weighted by atomic mass is 9.95. The lowest BCUT2D eigenvalue weighted by Gasteiger charge is -2.15. The summed E-state index contributed by atoms with van der Waals surface area (Å²) in [4.78, 5) is 13.9. The summed E-state index contributed by atoms with van der Waals surface area (Å²) < 4.78 is 16.2. The molecule has 2 heterocycles. The third-order valence-electron chi connectivity index (χ3n) is 5.07. The van der Waals surface area contributed by atoms with Crippen LogP contribution in [0.3, 0.4) is 0 Å². The van der Waals surface area contributed by atoms with E-state index in [9.17, 15) is 5.11 Å². The van der Waals surface area contributed by atoms with E-state index in [0.717, 1.165) is 0 Å². The van der Waals surface area contributed by atoms with Gasteiger partial charge in [0.2, 0.25) is 0 Å². The van der Waals surface area contributed by atoms with E-state index in [-0.39, 0.29) is 21.9 Å². The standard InChI is InChI=1S/C23H15Cl2FN4OS2/c1-2-32-23-29-20(16-9-28-22(27)33-16)13-8-15(25)18(19(26)21(13)30-23)12-7-11(31)6-10-4-3-5-14(24)17(10)12/h3-9,31H,2H2,1H3,(H2,27,28). The minimum atomic E-state index is -0.622. The monoisotopic (exact) mass is 516 g/mol. The zero-order valence-electron chi connectivity index (χ0n) is 17.1. The summed E-state index contributed by atoms with van der Waals surface area (Å²) in [6.07, 6.45) is 1.60. The maximum Gasteiger partial charge on any atom is 0.188 e. The molecule has 0 unspecified atom stereocenters. The van der Waals surface area contributed by atoms with E-state index in [1.54, 1.807) is 36.5 Å². The quantitative estimate of drug-likeness (QED) is 0.191. The first-order valence-corrected chi connectivity index (χ1v) is 12.4. The number of halogens is 3. The number of rotatable bonds is 4. The molecule has 0 aliphatic heterocycles. The van der Waals surface area contributed by atoms with Gasteiger partial charge in [0.15, 0.2) is 16.1 Å². The molecule has 33 heavy (non-hydrogen) atoms. The number of nitrogens with two attached hydrogens (primary N) is 1. The van der Waals surface area contributed by atoms with Crippen molar-refractivity contribution in [1.29, 1.82) is 0 Å². The van der Waals surface area contributed by atoms with Crippen molar-refractivity contribution in [2.24, 2.45) is 0 Å². The van der Waals surface area contributed by atoms with Crippen LogP contribution in [0.5, 0.6) is 5.75 Å². The van der Waals surface area contributed by atoms with Gasteiger partial charge in [0.05, 0.1) is 15.6 Å². The van der Waals surface area contributed by atoms with Crippen LogP contribution in [0, 0.1) is 5.82 Å². The van der Waals surface area contributed by atoms with E-state index < -0.39 is 5.82 Å². The van der Waals surface area contributed by atoms with Crippen molar-refractivity contribution in [3.8, 4) is 27.4 Å². The van der Waals surface area contributed by atoms with Crippen LogP contribution in [0.2, 0.25) is 10.0 Å². The molecular formula is C23H15Cl2FN4OS2. The summed E-state index contributed by atoms with van der Waals surface area (Å²) >= 11 is 15.8. The van der Waals surface area contributed by atoms with Crippen LogP contribution in [-0.4, -0.2) is 25.8 Å². The van der Waals surface area contributed by atoms with Crippen molar-refractivity contribution < 1.29 is 9.50 Å². The summed E-state index contributed by atoms with van der Waals surface area (Å²) in [5.41, 5.74) is 6.94. The molecule has 0 bridgehead atoms. The predicted molar refractivity (Wildman–Crippen MR) is 136 cm³/mol. The topological polar surface area (TPSA) is 84.9 Å². The fraction of sp³-hybridized carbons (Fsp3) is 0.0870. The number of aromatic nitrogens is 3. The van der Waals surface area contributed by atoms with Gasteiger partial charge in [-0.1, -0.05) is 65.4 Å². The molecular weight excluding hydrogens is 502 g/mol. The number of anilines is 1. The lowest BCUT2D eigenvalue weighted by Crippen LogP contribution is -1.98. The first kappa shape index (κ1) is 22.2. The van der Waals surface area contributed by atoms with Crippen molar-refractivity contribution >= 4 is 73.1 Å². The molecule has 0 amide bonds. The minimum absolute atomic E-state index is 0.0268. The van der Waals surface area contributed by atoms with E-state index in [0.29, 0.717) is 53.4 Å². The van der Waals surface area contributed by atoms with Crippen LogP contribution in [0.1, 0.15) is 6.92 Å². The molecule has 0 aliphatic carbocycles. The second-order valence-corrected chi connectivity index (χ2v) is 10.2. The molecule has 5 rings (SSSR count). The number of fused-ring (bicyclic) bond motifs is 2. The van der Waals surface area contributed by atoms with Gasteiger partial charge in [-0.25, -0.2) is 19.3 Å². The second kappa shape index (κ2) is 8.61. The highest BCUT2D eigenvalue weighted by Gasteiger charge is 2.23. The molecule has 0 atom stereocenters. The molecule has 3 aromatic carbocycles. The third-order valence-corrected chi connectivity index (χ3v) is 7.25. The number of aromatic hydroxyl groups is 1. The van der Waals surface area contributed by atoms with Crippen molar-refractivity contribution in [3.05, 3.63) is 58.5 Å². The zero-order chi connectivity index (χ0) is 23.3. The first-order valence-electron chi connectivity index (χ1n) is 9.83. The van der Waals surface area contributed by atoms with E-state index in [2.05, 4.69) is 15.0 Å². The van der Waals surface area contributed by atoms with Gasteiger partial charge in [0.25, 0.3) is 0 Å². The van der Waals surface area contributed by atoms with Crippen LogP contribution < -0.4 is 5.73 Å². The normalized spacial score (nSPS) is 11.5. The largest absolute Gasteiger partial charge is 0.508 e. The van der Waals surface area contributed by atoms with Crippen LogP contribution in [0.25, 0.3) is 43.4 Å². The Morgan fingerprint density at radius 3 is 2.70 bits per heavy atom. The Balaban J connectivity index is 1.88. The van der Waals surface area contributed by atoms with Crippen LogP contribution in [0.4, 0.5) is 9.52 Å². The highest BCUT2D eigenvalue weighted by molar-refractivity contribution is 7.99. The second-order valence-electron chi connectivity index (χ2n) is 7.13. The average Bonchev–Trinajstić information content (AvgIpc) is 3.20. The zero-order valence-corrected chi connectivity index (χ0v) is 20.2. The summed E-state index contributed by atoms with van der Waals surface area (Å²) in [6.45, 7) is 1.97. The van der Waals surface area contributed by atoms with E-state index in [1.807, 2.05) is 6.92 Å². The molecule has 5 nitrogen and oxygen atoms in total. The molecule has 5 aromatic rings. The van der Waals surface area contributed by atoms with E-state index >= 15 is 4.39 Å². The van der Waals surface area contributed by atoms with Gasteiger partial charge in [-0.2, -0.15) is 0 Å². The number of phenolic OH excluding ortho intramolecular Hbond substituents is 1. The van der Waals surface area contributed by atoms with Gasteiger partial charge in [-0.05, 0) is 41.0 Å². The molecule has 0 aliphatic rings. The van der Waals surface area contributed by atoms with Crippen LogP contribution >= 0.6 is 46.3 Å². The Morgan fingerprint density at radius 2 is 1.97 bits per heavy atom. The molecule has 2 aromatic heterocycles. The van der Waals surface area contributed by atoms with Crippen molar-refractivity contribution in [1.82, 2.24) is 15.0 Å². The molecule has 0 saturated heterocycles. The number of nitrogens with zero attached hydrogens (tertiary/aromatic N) is 3. The maximum absolute atomic E-state index is 16.2. The fourth-order valence-corrected chi connectivity index (χ4v) is 5.60. The number of hydrogen-bond acceptors (Lipinski definition) is 7. The number of thioether (sulfide) groups is 1. The van der Waals surface area contributed by atoms with Crippen LogP contribution in [-0.2, 0) is 0 Å². The Hall–Kier alpha value is -2.65. The first-order chi connectivity index (χ1) is 15.9. The molecule has 0 fully saturated rings. The predicted octanol–water partition coefficient (Wildman–Crippen LogP) is 7.42. The molecule has 10 heteroatoms. The molecule has 166 valence electrons. The summed E-state index contributed by atoms with van der Waals surface area (Å²) in [5.74, 6) is 0.0643. The van der Waals surface area contributed by atoms with Crippen molar-refractivity contribution in [3.63, 3.8) is 0 Å². The SMILES string of the molecule is CCSc1nc(-c2cnc(N)s2)c2cc(Cl)c(-c3cc(O)cc4cccc(Cl)c34)c(F)c2n1. The highest BCUT2D eigenvalue weighted by atomic mass is 35.5. The van der Waals surface area contributed by atoms with Crippen molar-refractivity contribution in [2.45, 2.75) is 12.1 Å². The Morgan fingerprint density at radius 1 is 1.15 bits per heavy atom. The fourth-order valence-electron chi connectivity index (χ4n) is 3.76. The third kappa shape index (κ3) is 3.87. The molecule has 3 N–H and O–H groups in total.